The van der Waals surface area contributed by atoms with E-state index < -0.39 is 23.6 Å². The molecule has 0 aliphatic carbocycles. The maximum absolute atomic E-state index is 12.9. The van der Waals surface area contributed by atoms with Crippen molar-refractivity contribution in [3.63, 3.8) is 0 Å². The molecule has 0 fully saturated rings. The fraction of sp³-hybridized carbons (Fsp3) is 0.429. The van der Waals surface area contributed by atoms with Crippen molar-refractivity contribution >= 4 is 0 Å². The van der Waals surface area contributed by atoms with Crippen molar-refractivity contribution in [3.8, 4) is 0 Å². The summed E-state index contributed by atoms with van der Waals surface area (Å²) in [5.74, 6) is -11.6. The highest BCUT2D eigenvalue weighted by Crippen LogP contribution is 2.51. The Morgan fingerprint density at radius 1 is 0.938 bits per heavy atom. The summed E-state index contributed by atoms with van der Waals surface area (Å²) in [4.78, 5) is 0. The second-order valence-electron chi connectivity index (χ2n) is 2.69. The Morgan fingerprint density at radius 2 is 1.50 bits per heavy atom. The number of hydrogen-bond donors (Lipinski definition) is 0. The van der Waals surface area contributed by atoms with Gasteiger partial charge in [-0.15, -0.1) is 0 Å². The number of halogens is 7. The van der Waals surface area contributed by atoms with Crippen LogP contribution in [0.1, 0.15) is 5.56 Å². The van der Waals surface area contributed by atoms with Gasteiger partial charge in [0, 0.05) is 6.07 Å². The van der Waals surface area contributed by atoms with E-state index in [1.54, 1.807) is 0 Å². The third kappa shape index (κ3) is 1.81. The molecule has 0 aliphatic heterocycles. The smallest absolute Gasteiger partial charge is 0.194 e. The molecule has 2 nitrogen and oxygen atoms in total. The summed E-state index contributed by atoms with van der Waals surface area (Å²) in [7, 11) is 0. The van der Waals surface area contributed by atoms with Crippen molar-refractivity contribution in [2.75, 3.05) is 0 Å². The first-order chi connectivity index (χ1) is 7.11. The third-order valence-electron chi connectivity index (χ3n) is 1.62. The molecule has 0 aliphatic rings. The third-order valence-corrected chi connectivity index (χ3v) is 1.62. The SMILES string of the molecule is FC(F)(F)C(F)(F)C(F)(F)c1[c]cnnc1. The molecule has 1 aromatic heterocycles. The predicted molar refractivity (Wildman–Crippen MR) is 35.8 cm³/mol. The fourth-order valence-electron chi connectivity index (χ4n) is 0.779. The first-order valence-electron chi connectivity index (χ1n) is 3.62. The molecule has 89 valence electrons. The quantitative estimate of drug-likeness (QED) is 0.750. The van der Waals surface area contributed by atoms with E-state index in [1.165, 1.54) is 6.07 Å². The molecule has 16 heavy (non-hydrogen) atoms. The normalized spacial score (nSPS) is 13.9. The average Bonchev–Trinajstić information content (AvgIpc) is 2.17. The molecule has 0 spiro atoms. The van der Waals surface area contributed by atoms with Crippen molar-refractivity contribution < 1.29 is 30.7 Å². The molecular formula is C7H2F7N2. The molecule has 0 amide bonds. The van der Waals surface area contributed by atoms with Gasteiger partial charge in [0.15, 0.2) is 0 Å². The largest absolute Gasteiger partial charge is 0.460 e. The van der Waals surface area contributed by atoms with E-state index in [9.17, 15) is 30.7 Å². The first kappa shape index (κ1) is 12.7. The monoisotopic (exact) mass is 247 g/mol. The molecule has 0 saturated carbocycles. The maximum atomic E-state index is 12.9. The lowest BCUT2D eigenvalue weighted by Crippen LogP contribution is -2.50. The second-order valence-corrected chi connectivity index (χ2v) is 2.69. The highest BCUT2D eigenvalue weighted by Gasteiger charge is 2.73. The molecule has 1 radical (unpaired) electrons. The van der Waals surface area contributed by atoms with Gasteiger partial charge in [0.2, 0.25) is 0 Å². The van der Waals surface area contributed by atoms with Gasteiger partial charge in [-0.1, -0.05) is 0 Å². The summed E-state index contributed by atoms with van der Waals surface area (Å²) < 4.78 is 85.8. The van der Waals surface area contributed by atoms with E-state index >= 15 is 0 Å². The van der Waals surface area contributed by atoms with Gasteiger partial charge in [-0.2, -0.15) is 40.9 Å². The molecule has 0 aromatic carbocycles. The van der Waals surface area contributed by atoms with Crippen LogP contribution in [-0.2, 0) is 5.92 Å². The van der Waals surface area contributed by atoms with Crippen LogP contribution in [0.4, 0.5) is 30.7 Å². The molecule has 9 heteroatoms. The molecule has 1 rings (SSSR count). The minimum atomic E-state index is -6.37. The van der Waals surface area contributed by atoms with Gasteiger partial charge < -0.3 is 0 Å². The summed E-state index contributed by atoms with van der Waals surface area (Å²) in [6.45, 7) is 0. The van der Waals surface area contributed by atoms with Crippen molar-refractivity contribution in [2.24, 2.45) is 0 Å². The Hall–Kier alpha value is -1.41. The van der Waals surface area contributed by atoms with Gasteiger partial charge >= 0.3 is 18.0 Å². The number of nitrogens with zero attached hydrogens (tertiary/aromatic N) is 2. The molecule has 0 bridgehead atoms. The highest BCUT2D eigenvalue weighted by molar-refractivity contribution is 5.16. The van der Waals surface area contributed by atoms with E-state index in [2.05, 4.69) is 10.2 Å². The summed E-state index contributed by atoms with van der Waals surface area (Å²) in [6, 6.07) is 1.48. The van der Waals surface area contributed by atoms with E-state index in [0.29, 0.717) is 6.20 Å². The van der Waals surface area contributed by atoms with E-state index in [-0.39, 0.29) is 6.20 Å². The van der Waals surface area contributed by atoms with Crippen molar-refractivity contribution in [3.05, 3.63) is 24.0 Å². The fourth-order valence-corrected chi connectivity index (χ4v) is 0.779. The standard InChI is InChI=1S/C7H2F7N2/c8-5(9,4-1-2-15-16-3-4)6(10,11)7(12,13)14/h2-3H. The van der Waals surface area contributed by atoms with Crippen LogP contribution in [-0.4, -0.2) is 22.3 Å². The van der Waals surface area contributed by atoms with Gasteiger partial charge in [-0.3, -0.25) is 0 Å². The van der Waals surface area contributed by atoms with Gasteiger partial charge in [0.1, 0.15) is 0 Å². The van der Waals surface area contributed by atoms with Crippen LogP contribution >= 0.6 is 0 Å². The minimum Gasteiger partial charge on any atom is -0.194 e. The Balaban J connectivity index is 3.22. The van der Waals surface area contributed by atoms with Crippen LogP contribution in [0.15, 0.2) is 12.4 Å². The predicted octanol–water partition coefficient (Wildman–Crippen LogP) is 2.57. The Labute approximate surface area is 84.1 Å². The zero-order valence-corrected chi connectivity index (χ0v) is 7.19. The minimum absolute atomic E-state index is 0.0969. The molecular weight excluding hydrogens is 245 g/mol. The molecule has 1 aromatic rings. The lowest BCUT2D eigenvalue weighted by Gasteiger charge is -2.27. The van der Waals surface area contributed by atoms with Crippen LogP contribution in [0.25, 0.3) is 0 Å². The summed E-state index contributed by atoms with van der Waals surface area (Å²) in [5.41, 5.74) is -1.68. The lowest BCUT2D eigenvalue weighted by atomic mass is 10.0. The number of hydrogen-bond acceptors (Lipinski definition) is 2. The Bertz CT molecular complexity index is 359. The highest BCUT2D eigenvalue weighted by atomic mass is 19.4. The van der Waals surface area contributed by atoms with Crippen molar-refractivity contribution in [2.45, 2.75) is 18.0 Å². The topological polar surface area (TPSA) is 25.8 Å². The van der Waals surface area contributed by atoms with Crippen LogP contribution in [0.3, 0.4) is 0 Å². The first-order valence-corrected chi connectivity index (χ1v) is 3.62. The van der Waals surface area contributed by atoms with Crippen LogP contribution in [0, 0.1) is 6.07 Å². The van der Waals surface area contributed by atoms with Gasteiger partial charge in [-0.05, 0) is 0 Å². The zero-order chi connectivity index (χ0) is 12.6. The number of rotatable bonds is 2. The number of alkyl halides is 7. The van der Waals surface area contributed by atoms with E-state index in [1.807, 2.05) is 0 Å². The van der Waals surface area contributed by atoms with Gasteiger partial charge in [0.05, 0.1) is 18.0 Å². The molecule has 0 unspecified atom stereocenters. The van der Waals surface area contributed by atoms with E-state index in [0.717, 1.165) is 0 Å². The van der Waals surface area contributed by atoms with Crippen LogP contribution in [0.5, 0.6) is 0 Å². The molecule has 0 N–H and O–H groups in total. The maximum Gasteiger partial charge on any atom is 0.460 e. The van der Waals surface area contributed by atoms with Crippen molar-refractivity contribution in [1.29, 1.82) is 0 Å². The molecule has 1 heterocycles. The average molecular weight is 247 g/mol. The van der Waals surface area contributed by atoms with Crippen LogP contribution < -0.4 is 0 Å². The Morgan fingerprint density at radius 3 is 1.88 bits per heavy atom. The van der Waals surface area contributed by atoms with Crippen molar-refractivity contribution in [1.82, 2.24) is 10.2 Å². The summed E-state index contributed by atoms with van der Waals surface area (Å²) >= 11 is 0. The molecule has 0 saturated heterocycles. The Kier molecular flexibility index (Phi) is 2.82. The summed E-state index contributed by atoms with van der Waals surface area (Å²) in [5, 5.41) is 5.72. The second kappa shape index (κ2) is 3.56. The van der Waals surface area contributed by atoms with Gasteiger partial charge in [-0.25, -0.2) is 0 Å². The van der Waals surface area contributed by atoms with E-state index in [4.69, 9.17) is 0 Å². The van der Waals surface area contributed by atoms with Gasteiger partial charge in [0.25, 0.3) is 0 Å². The molecule has 0 atom stereocenters. The van der Waals surface area contributed by atoms with Crippen LogP contribution in [0.2, 0.25) is 0 Å². The lowest BCUT2D eigenvalue weighted by molar-refractivity contribution is -0.359. The summed E-state index contributed by atoms with van der Waals surface area (Å²) in [6.07, 6.45) is -5.80. The zero-order valence-electron chi connectivity index (χ0n) is 7.19. The number of aromatic nitrogens is 2.